The SMILES string of the molecule is CC(C)Oc1ccc(C(OC[C@@H](O)CNCCNC[C@H](O)COC(c2ccc(OC(C)C)cc2)c2ccc(OC(C)C)cc2)c2ccc(OC(C)C)cc2)cc1. The summed E-state index contributed by atoms with van der Waals surface area (Å²) in [5.41, 5.74) is 3.83. The lowest BCUT2D eigenvalue weighted by Crippen LogP contribution is -2.38. The Bertz CT molecular complexity index is 1410. The van der Waals surface area contributed by atoms with Crippen molar-refractivity contribution in [1.82, 2.24) is 10.6 Å². The van der Waals surface area contributed by atoms with Gasteiger partial charge in [-0.25, -0.2) is 0 Å². The fourth-order valence-electron chi connectivity index (χ4n) is 5.99. The third kappa shape index (κ3) is 15.8. The van der Waals surface area contributed by atoms with Gasteiger partial charge >= 0.3 is 0 Å². The molecule has 10 nitrogen and oxygen atoms in total. The van der Waals surface area contributed by atoms with Crippen LogP contribution in [0.5, 0.6) is 23.0 Å². The summed E-state index contributed by atoms with van der Waals surface area (Å²) in [6, 6.07) is 31.5. The molecule has 2 atom stereocenters. The van der Waals surface area contributed by atoms with Gasteiger partial charge in [-0.3, -0.25) is 0 Å². The van der Waals surface area contributed by atoms with Crippen molar-refractivity contribution >= 4 is 0 Å². The minimum absolute atomic E-state index is 0.0794. The molecule has 4 N–H and O–H groups in total. The molecule has 4 rings (SSSR count). The number of benzene rings is 4. The van der Waals surface area contributed by atoms with Crippen LogP contribution in [0.15, 0.2) is 97.1 Å². The number of hydrogen-bond donors (Lipinski definition) is 4. The zero-order chi connectivity index (χ0) is 40.5. The lowest BCUT2D eigenvalue weighted by Gasteiger charge is -2.23. The normalized spacial score (nSPS) is 12.9. The largest absolute Gasteiger partial charge is 0.491 e. The van der Waals surface area contributed by atoms with E-state index >= 15 is 0 Å². The molecule has 4 aromatic rings. The second-order valence-corrected chi connectivity index (χ2v) is 15.1. The molecular formula is C46H64N2O8. The van der Waals surface area contributed by atoms with Crippen molar-refractivity contribution in [3.05, 3.63) is 119 Å². The molecule has 4 aromatic carbocycles. The number of ether oxygens (including phenoxy) is 6. The summed E-state index contributed by atoms with van der Waals surface area (Å²) in [4.78, 5) is 0. The summed E-state index contributed by atoms with van der Waals surface area (Å²) in [7, 11) is 0. The smallest absolute Gasteiger partial charge is 0.119 e. The van der Waals surface area contributed by atoms with E-state index in [0.717, 1.165) is 45.3 Å². The van der Waals surface area contributed by atoms with Gasteiger partial charge in [0.25, 0.3) is 0 Å². The standard InChI is InChI=1S/C46H64N2O8/c1-31(2)53-41-17-9-35(10-18-41)45(36-11-19-42(20-12-36)54-32(3)4)51-29-39(49)27-47-25-26-48-28-40(50)30-52-46(37-13-21-43(22-14-37)55-33(5)6)38-15-23-44(24-16-38)56-34(7)8/h9-24,31-34,39-40,45-50H,25-30H2,1-8H3/t39-,40-/m0/s1. The van der Waals surface area contributed by atoms with Crippen LogP contribution in [0.1, 0.15) is 89.9 Å². The van der Waals surface area contributed by atoms with E-state index < -0.39 is 12.2 Å². The Hall–Kier alpha value is -4.16. The highest BCUT2D eigenvalue weighted by Crippen LogP contribution is 2.31. The molecule has 0 aliphatic carbocycles. The highest BCUT2D eigenvalue weighted by Gasteiger charge is 2.20. The van der Waals surface area contributed by atoms with Crippen molar-refractivity contribution < 1.29 is 38.6 Å². The van der Waals surface area contributed by atoms with E-state index in [1.165, 1.54) is 0 Å². The Morgan fingerprint density at radius 3 is 0.839 bits per heavy atom. The van der Waals surface area contributed by atoms with E-state index in [1.54, 1.807) is 0 Å². The summed E-state index contributed by atoms with van der Waals surface area (Å²) >= 11 is 0. The number of nitrogens with one attached hydrogen (secondary N) is 2. The Labute approximate surface area is 334 Å². The van der Waals surface area contributed by atoms with Crippen molar-refractivity contribution in [2.24, 2.45) is 0 Å². The van der Waals surface area contributed by atoms with E-state index in [2.05, 4.69) is 10.6 Å². The molecule has 0 aliphatic heterocycles. The van der Waals surface area contributed by atoms with Gasteiger partial charge in [0.2, 0.25) is 0 Å². The van der Waals surface area contributed by atoms with Crippen LogP contribution in [-0.2, 0) is 9.47 Å². The Kier molecular flexibility index (Phi) is 18.4. The third-order valence-corrected chi connectivity index (χ3v) is 8.37. The van der Waals surface area contributed by atoms with E-state index in [9.17, 15) is 10.2 Å². The minimum atomic E-state index is -0.725. The van der Waals surface area contributed by atoms with Crippen LogP contribution < -0.4 is 29.6 Å². The monoisotopic (exact) mass is 772 g/mol. The summed E-state index contributed by atoms with van der Waals surface area (Å²) < 4.78 is 36.0. The van der Waals surface area contributed by atoms with Crippen molar-refractivity contribution in [1.29, 1.82) is 0 Å². The summed E-state index contributed by atoms with van der Waals surface area (Å²) in [6.45, 7) is 18.2. The van der Waals surface area contributed by atoms with Crippen molar-refractivity contribution in [3.63, 3.8) is 0 Å². The molecule has 0 spiro atoms. The van der Waals surface area contributed by atoms with Crippen LogP contribution in [0.4, 0.5) is 0 Å². The predicted molar refractivity (Wildman–Crippen MR) is 222 cm³/mol. The number of aliphatic hydroxyl groups is 2. The molecule has 0 aromatic heterocycles. The van der Waals surface area contributed by atoms with Crippen molar-refractivity contribution in [2.45, 2.75) is 104 Å². The highest BCUT2D eigenvalue weighted by atomic mass is 16.5. The van der Waals surface area contributed by atoms with Gasteiger partial charge in [0, 0.05) is 26.2 Å². The van der Waals surface area contributed by atoms with Crippen LogP contribution in [0.2, 0.25) is 0 Å². The first-order valence-electron chi connectivity index (χ1n) is 19.9. The molecule has 0 aliphatic rings. The molecule has 10 heteroatoms. The Balaban J connectivity index is 1.23. The molecule has 0 unspecified atom stereocenters. The second kappa shape index (κ2) is 23.2. The van der Waals surface area contributed by atoms with E-state index in [-0.39, 0.29) is 49.8 Å². The number of rotatable bonds is 25. The third-order valence-electron chi connectivity index (χ3n) is 8.37. The maximum Gasteiger partial charge on any atom is 0.119 e. The molecule has 56 heavy (non-hydrogen) atoms. The van der Waals surface area contributed by atoms with Gasteiger partial charge in [-0.1, -0.05) is 48.5 Å². The number of hydrogen-bond acceptors (Lipinski definition) is 10. The molecular weight excluding hydrogens is 709 g/mol. The molecule has 306 valence electrons. The number of aliphatic hydroxyl groups excluding tert-OH is 2. The topological polar surface area (TPSA) is 120 Å². The maximum absolute atomic E-state index is 10.8. The van der Waals surface area contributed by atoms with Gasteiger partial charge in [-0.05, 0) is 126 Å². The van der Waals surface area contributed by atoms with Crippen LogP contribution >= 0.6 is 0 Å². The van der Waals surface area contributed by atoms with E-state index in [4.69, 9.17) is 28.4 Å². The van der Waals surface area contributed by atoms with Crippen molar-refractivity contribution in [3.8, 4) is 23.0 Å². The predicted octanol–water partition coefficient (Wildman–Crippen LogP) is 7.65. The molecule has 0 amide bonds. The molecule has 0 radical (unpaired) electrons. The minimum Gasteiger partial charge on any atom is -0.491 e. The molecule has 0 bridgehead atoms. The summed E-state index contributed by atoms with van der Waals surface area (Å²) in [5, 5.41) is 28.2. The average molecular weight is 773 g/mol. The van der Waals surface area contributed by atoms with Gasteiger partial charge in [-0.15, -0.1) is 0 Å². The van der Waals surface area contributed by atoms with Gasteiger partial charge in [0.15, 0.2) is 0 Å². The average Bonchev–Trinajstić information content (AvgIpc) is 3.15. The second-order valence-electron chi connectivity index (χ2n) is 15.1. The summed E-state index contributed by atoms with van der Waals surface area (Å²) in [6.07, 6.45) is -1.90. The lowest BCUT2D eigenvalue weighted by molar-refractivity contribution is 0.00541. The zero-order valence-corrected chi connectivity index (χ0v) is 34.4. The molecule has 0 saturated heterocycles. The van der Waals surface area contributed by atoms with Gasteiger partial charge in [0.05, 0.1) is 49.8 Å². The highest BCUT2D eigenvalue weighted by molar-refractivity contribution is 5.38. The van der Waals surface area contributed by atoms with Gasteiger partial charge < -0.3 is 49.3 Å². The fraction of sp³-hybridized carbons (Fsp3) is 0.478. The maximum atomic E-state index is 10.8. The molecule has 0 heterocycles. The first kappa shape index (κ1) is 44.6. The molecule has 0 saturated carbocycles. The van der Waals surface area contributed by atoms with Crippen LogP contribution in [0.25, 0.3) is 0 Å². The van der Waals surface area contributed by atoms with E-state index in [0.29, 0.717) is 26.2 Å². The van der Waals surface area contributed by atoms with Crippen LogP contribution in [0.3, 0.4) is 0 Å². The molecule has 0 fully saturated rings. The first-order chi connectivity index (χ1) is 26.9. The summed E-state index contributed by atoms with van der Waals surface area (Å²) in [5.74, 6) is 3.18. The van der Waals surface area contributed by atoms with Crippen molar-refractivity contribution in [2.75, 3.05) is 39.4 Å². The van der Waals surface area contributed by atoms with Gasteiger partial charge in [0.1, 0.15) is 35.2 Å². The van der Waals surface area contributed by atoms with Gasteiger partial charge in [-0.2, -0.15) is 0 Å². The Morgan fingerprint density at radius 2 is 0.625 bits per heavy atom. The lowest BCUT2D eigenvalue weighted by atomic mass is 10.0. The van der Waals surface area contributed by atoms with Crippen LogP contribution in [-0.4, -0.2) is 86.2 Å². The van der Waals surface area contributed by atoms with E-state index in [1.807, 2.05) is 152 Å². The van der Waals surface area contributed by atoms with Crippen LogP contribution in [0, 0.1) is 0 Å². The first-order valence-corrected chi connectivity index (χ1v) is 19.9. The quantitative estimate of drug-likeness (QED) is 0.0501. The Morgan fingerprint density at radius 1 is 0.393 bits per heavy atom. The fourth-order valence-corrected chi connectivity index (χ4v) is 5.99. The zero-order valence-electron chi connectivity index (χ0n) is 34.4.